The van der Waals surface area contributed by atoms with Crippen LogP contribution in [0.4, 0.5) is 0 Å². The van der Waals surface area contributed by atoms with Crippen molar-refractivity contribution in [3.8, 4) is 0 Å². The second-order valence-electron chi connectivity index (χ2n) is 17.1. The molecule has 10 heteroatoms. The number of carbonyl (C=O) groups is 3. The number of nitrogens with zero attached hydrogens (tertiary/aromatic N) is 1. The molecule has 3 amide bonds. The molecule has 10 nitrogen and oxygen atoms in total. The van der Waals surface area contributed by atoms with Crippen LogP contribution in [0.2, 0.25) is 0 Å². The fraction of sp³-hybridized carbons (Fsp3) is 0.821. The lowest BCUT2D eigenvalue weighted by molar-refractivity contribution is -0.137. The fourth-order valence-corrected chi connectivity index (χ4v) is 12.3. The van der Waals surface area contributed by atoms with Gasteiger partial charge < -0.3 is 31.7 Å². The van der Waals surface area contributed by atoms with E-state index >= 15 is 0 Å². The Morgan fingerprint density at radius 3 is 2.14 bits per heavy atom. The predicted octanol–water partition coefficient (Wildman–Crippen LogP) is 2.34. The number of fused-ring (bicyclic) bond motifs is 8. The van der Waals surface area contributed by atoms with Crippen LogP contribution in [0.15, 0.2) is 24.8 Å². The second kappa shape index (κ2) is 14.1. The minimum atomic E-state index is -0.324. The van der Waals surface area contributed by atoms with Gasteiger partial charge in [0.25, 0.3) is 11.8 Å². The SMILES string of the molecule is C=CC1C2CC3NC(CC4NC5C(CC(O)C5C4C)C4NC(CC(N2)C1C)[C@@H](C)[C@@H]4CCC(=O)NCCN1C(=O)C=CC1=O)C(CC)C3C. The lowest BCUT2D eigenvalue weighted by atomic mass is 9.76. The zero-order valence-electron chi connectivity index (χ0n) is 30.3. The van der Waals surface area contributed by atoms with Crippen molar-refractivity contribution in [2.75, 3.05) is 13.1 Å². The molecular formula is C39H62N6O4. The number of aliphatic hydroxyl groups is 1. The molecule has 1 aliphatic carbocycles. The highest BCUT2D eigenvalue weighted by Crippen LogP contribution is 2.50. The Hall–Kier alpha value is -2.11. The van der Waals surface area contributed by atoms with Crippen LogP contribution < -0.4 is 26.6 Å². The van der Waals surface area contributed by atoms with Crippen LogP contribution in [0.25, 0.3) is 0 Å². The first kappa shape index (κ1) is 35.3. The van der Waals surface area contributed by atoms with Crippen molar-refractivity contribution in [2.24, 2.45) is 53.3 Å². The van der Waals surface area contributed by atoms with Crippen molar-refractivity contribution in [3.05, 3.63) is 24.8 Å². The van der Waals surface area contributed by atoms with Crippen LogP contribution in [0, 0.1) is 53.3 Å². The molecule has 0 aromatic heterocycles. The quantitative estimate of drug-likeness (QED) is 0.170. The van der Waals surface area contributed by atoms with Crippen LogP contribution in [0.3, 0.4) is 0 Å². The van der Waals surface area contributed by atoms with Crippen molar-refractivity contribution in [3.63, 3.8) is 0 Å². The highest BCUT2D eigenvalue weighted by molar-refractivity contribution is 6.12. The topological polar surface area (TPSA) is 135 Å². The molecule has 0 radical (unpaired) electrons. The third-order valence-electron chi connectivity index (χ3n) is 15.0. The summed E-state index contributed by atoms with van der Waals surface area (Å²) in [6, 6.07) is 2.93. The van der Waals surface area contributed by atoms with Crippen LogP contribution in [-0.2, 0) is 14.4 Å². The molecule has 6 fully saturated rings. The van der Waals surface area contributed by atoms with Crippen molar-refractivity contribution >= 4 is 17.7 Å². The molecule has 5 saturated heterocycles. The Kier molecular flexibility index (Phi) is 10.2. The molecule has 272 valence electrons. The van der Waals surface area contributed by atoms with Gasteiger partial charge in [0.15, 0.2) is 0 Å². The van der Waals surface area contributed by atoms with Gasteiger partial charge in [-0.3, -0.25) is 19.3 Å². The Labute approximate surface area is 293 Å². The first-order chi connectivity index (χ1) is 23.5. The highest BCUT2D eigenvalue weighted by atomic mass is 16.3. The van der Waals surface area contributed by atoms with Gasteiger partial charge in [0.05, 0.1) is 6.10 Å². The maximum absolute atomic E-state index is 13.1. The van der Waals surface area contributed by atoms with Crippen LogP contribution in [-0.4, -0.2) is 95.3 Å². The summed E-state index contributed by atoms with van der Waals surface area (Å²) in [4.78, 5) is 38.1. The predicted molar refractivity (Wildman–Crippen MR) is 190 cm³/mol. The summed E-state index contributed by atoms with van der Waals surface area (Å²) < 4.78 is 0. The lowest BCUT2D eigenvalue weighted by Gasteiger charge is -2.32. The van der Waals surface area contributed by atoms with Gasteiger partial charge in [0.1, 0.15) is 0 Å². The van der Waals surface area contributed by atoms with Crippen molar-refractivity contribution in [2.45, 2.75) is 134 Å². The molecule has 7 aliphatic rings. The zero-order chi connectivity index (χ0) is 34.7. The van der Waals surface area contributed by atoms with Gasteiger partial charge in [0.2, 0.25) is 5.91 Å². The summed E-state index contributed by atoms with van der Waals surface area (Å²) in [5, 5.41) is 31.2. The molecule has 8 bridgehead atoms. The van der Waals surface area contributed by atoms with E-state index in [1.807, 2.05) is 0 Å². The summed E-state index contributed by atoms with van der Waals surface area (Å²) in [6.07, 6.45) is 10.8. The second-order valence-corrected chi connectivity index (χ2v) is 17.1. The Bertz CT molecular complexity index is 1290. The van der Waals surface area contributed by atoms with Gasteiger partial charge in [-0.1, -0.05) is 47.1 Å². The molecule has 18 atom stereocenters. The van der Waals surface area contributed by atoms with Gasteiger partial charge >= 0.3 is 0 Å². The van der Waals surface area contributed by atoms with Crippen molar-refractivity contribution in [1.82, 2.24) is 31.5 Å². The Morgan fingerprint density at radius 2 is 1.43 bits per heavy atom. The van der Waals surface area contributed by atoms with E-state index in [2.05, 4.69) is 73.9 Å². The molecule has 6 N–H and O–H groups in total. The van der Waals surface area contributed by atoms with E-state index < -0.39 is 0 Å². The Balaban J connectivity index is 1.11. The molecule has 6 aliphatic heterocycles. The van der Waals surface area contributed by atoms with Crippen LogP contribution in [0.1, 0.15) is 79.6 Å². The third-order valence-corrected chi connectivity index (χ3v) is 15.0. The smallest absolute Gasteiger partial charge is 0.253 e. The van der Waals surface area contributed by atoms with Crippen molar-refractivity contribution in [1.29, 1.82) is 0 Å². The number of imide groups is 1. The molecule has 16 unspecified atom stereocenters. The highest BCUT2D eigenvalue weighted by Gasteiger charge is 2.58. The minimum absolute atomic E-state index is 0.0399. The van der Waals surface area contributed by atoms with Gasteiger partial charge in [-0.2, -0.15) is 0 Å². The summed E-state index contributed by atoms with van der Waals surface area (Å²) in [5.74, 6) is 3.14. The number of carbonyl (C=O) groups excluding carboxylic acids is 3. The van der Waals surface area contributed by atoms with E-state index in [-0.39, 0.29) is 54.9 Å². The van der Waals surface area contributed by atoms with Gasteiger partial charge in [-0.15, -0.1) is 6.58 Å². The van der Waals surface area contributed by atoms with E-state index in [0.29, 0.717) is 90.0 Å². The molecule has 49 heavy (non-hydrogen) atoms. The van der Waals surface area contributed by atoms with Crippen molar-refractivity contribution < 1.29 is 19.5 Å². The average molecular weight is 679 g/mol. The van der Waals surface area contributed by atoms with Gasteiger partial charge in [0, 0.05) is 85.9 Å². The molecule has 0 spiro atoms. The molecular weight excluding hydrogens is 616 g/mol. The Morgan fingerprint density at radius 1 is 0.837 bits per heavy atom. The summed E-state index contributed by atoms with van der Waals surface area (Å²) in [7, 11) is 0. The zero-order valence-corrected chi connectivity index (χ0v) is 30.3. The lowest BCUT2D eigenvalue weighted by Crippen LogP contribution is -2.48. The maximum Gasteiger partial charge on any atom is 0.253 e. The fourth-order valence-electron chi connectivity index (χ4n) is 12.3. The largest absolute Gasteiger partial charge is 0.393 e. The summed E-state index contributed by atoms with van der Waals surface area (Å²) in [5.41, 5.74) is 0. The summed E-state index contributed by atoms with van der Waals surface area (Å²) >= 11 is 0. The van der Waals surface area contributed by atoms with E-state index in [1.54, 1.807) is 0 Å². The van der Waals surface area contributed by atoms with Gasteiger partial charge in [-0.05, 0) is 79.4 Å². The standard InChI is InChI=1S/C39H62N6O4/c1-7-23-19(3)27-16-29-21(5)25(9-10-34(47)40-13-14-45-35(48)11-12-36(45)49)38(43-29)26-15-33(46)37-22(6)30(44-39(26)37)18-32-24(8-2)20(4)28(42-32)17-31(23)41-27/h7,11-12,19-33,37-39,41-44,46H,1,8-10,13-18H2,2-6H3,(H,40,47)/t19?,20?,21-,22?,23?,24?,25-,26?,27?,28?,29?,30?,31?,32?,33?,37?,38?,39?/m0/s1. The van der Waals surface area contributed by atoms with E-state index in [0.717, 1.165) is 32.1 Å². The summed E-state index contributed by atoms with van der Waals surface area (Å²) in [6.45, 7) is 16.7. The van der Waals surface area contributed by atoms with E-state index in [1.165, 1.54) is 23.5 Å². The maximum atomic E-state index is 13.1. The number of rotatable bonds is 8. The van der Waals surface area contributed by atoms with Gasteiger partial charge in [-0.25, -0.2) is 0 Å². The van der Waals surface area contributed by atoms with E-state index in [9.17, 15) is 19.5 Å². The van der Waals surface area contributed by atoms with E-state index in [4.69, 9.17) is 0 Å². The molecule has 0 aromatic rings. The van der Waals surface area contributed by atoms with Crippen LogP contribution >= 0.6 is 0 Å². The number of nitrogens with one attached hydrogen (secondary N) is 5. The van der Waals surface area contributed by atoms with Crippen LogP contribution in [0.5, 0.6) is 0 Å². The number of amides is 3. The molecule has 7 rings (SSSR count). The normalized spacial score (nSPS) is 48.9. The third kappa shape index (κ3) is 6.36. The monoisotopic (exact) mass is 678 g/mol. The molecule has 0 aromatic carbocycles. The minimum Gasteiger partial charge on any atom is -0.393 e. The number of hydrogen-bond donors (Lipinski definition) is 6. The molecule has 6 heterocycles. The number of aliphatic hydroxyl groups excluding tert-OH is 1. The first-order valence-electron chi connectivity index (χ1n) is 19.7. The average Bonchev–Trinajstić information content (AvgIpc) is 3.88. The molecule has 1 saturated carbocycles. The number of hydrogen-bond acceptors (Lipinski definition) is 8. The first-order valence-corrected chi connectivity index (χ1v) is 19.7.